The minimum atomic E-state index is -0.0429. The summed E-state index contributed by atoms with van der Waals surface area (Å²) in [7, 11) is 3.43. The average Bonchev–Trinajstić information content (AvgIpc) is 2.48. The van der Waals surface area contributed by atoms with Gasteiger partial charge in [0.2, 0.25) is 5.91 Å². The first-order valence-electron chi connectivity index (χ1n) is 6.98. The fourth-order valence-corrected chi connectivity index (χ4v) is 3.10. The maximum Gasteiger partial charge on any atom is 0.253 e. The third-order valence-electron chi connectivity index (χ3n) is 3.29. The fourth-order valence-electron chi connectivity index (χ4n) is 2.12. The van der Waals surface area contributed by atoms with Gasteiger partial charge in [0.15, 0.2) is 0 Å². The van der Waals surface area contributed by atoms with Crippen molar-refractivity contribution in [2.24, 2.45) is 0 Å². The molecule has 2 amide bonds. The lowest BCUT2D eigenvalue weighted by Crippen LogP contribution is -2.38. The first-order valence-corrected chi connectivity index (χ1v) is 8.13. The molecule has 0 saturated carbocycles. The molecular weight excluding hydrogens is 286 g/mol. The van der Waals surface area contributed by atoms with Crippen LogP contribution in [0.15, 0.2) is 24.3 Å². The Balaban J connectivity index is 1.87. The molecule has 1 aromatic rings. The number of nitrogens with zero attached hydrogens (tertiary/aromatic N) is 2. The van der Waals surface area contributed by atoms with E-state index in [-0.39, 0.29) is 11.8 Å². The quantitative estimate of drug-likeness (QED) is 0.913. The zero-order valence-electron chi connectivity index (χ0n) is 12.5. The van der Waals surface area contributed by atoms with Crippen LogP contribution in [-0.2, 0) is 4.79 Å². The van der Waals surface area contributed by atoms with Crippen molar-refractivity contribution < 1.29 is 9.59 Å². The minimum Gasteiger partial charge on any atom is -0.345 e. The number of benzene rings is 1. The Bertz CT molecular complexity index is 496. The van der Waals surface area contributed by atoms with Gasteiger partial charge in [-0.3, -0.25) is 14.5 Å². The second kappa shape index (κ2) is 7.47. The van der Waals surface area contributed by atoms with Crippen molar-refractivity contribution in [1.29, 1.82) is 0 Å². The van der Waals surface area contributed by atoms with Crippen LogP contribution in [0.1, 0.15) is 10.4 Å². The van der Waals surface area contributed by atoms with Crippen LogP contribution in [0, 0.1) is 0 Å². The SMILES string of the molecule is CN(C)C(=O)c1ccc(NC(=O)CN2CCSCC2)cc1. The average molecular weight is 307 g/mol. The number of rotatable bonds is 4. The molecule has 0 unspecified atom stereocenters. The van der Waals surface area contributed by atoms with E-state index in [1.54, 1.807) is 38.4 Å². The van der Waals surface area contributed by atoms with Gasteiger partial charge in [-0.1, -0.05) is 0 Å². The summed E-state index contributed by atoms with van der Waals surface area (Å²) in [4.78, 5) is 27.4. The van der Waals surface area contributed by atoms with Crippen molar-refractivity contribution in [2.45, 2.75) is 0 Å². The van der Waals surface area contributed by atoms with Crippen LogP contribution in [0.3, 0.4) is 0 Å². The van der Waals surface area contributed by atoms with E-state index < -0.39 is 0 Å². The Morgan fingerprint density at radius 1 is 1.19 bits per heavy atom. The second-order valence-electron chi connectivity index (χ2n) is 5.21. The molecule has 0 radical (unpaired) electrons. The summed E-state index contributed by atoms with van der Waals surface area (Å²) in [5.74, 6) is 2.13. The molecule has 1 saturated heterocycles. The highest BCUT2D eigenvalue weighted by molar-refractivity contribution is 7.99. The number of thioether (sulfide) groups is 1. The predicted octanol–water partition coefficient (Wildman–Crippen LogP) is 1.38. The highest BCUT2D eigenvalue weighted by Gasteiger charge is 2.14. The number of amides is 2. The van der Waals surface area contributed by atoms with Gasteiger partial charge in [0.25, 0.3) is 5.91 Å². The van der Waals surface area contributed by atoms with Crippen molar-refractivity contribution in [1.82, 2.24) is 9.80 Å². The summed E-state index contributed by atoms with van der Waals surface area (Å²) in [6.45, 7) is 2.36. The van der Waals surface area contributed by atoms with E-state index in [2.05, 4.69) is 10.2 Å². The molecule has 1 N–H and O–H groups in total. The maximum atomic E-state index is 12.0. The van der Waals surface area contributed by atoms with Crippen LogP contribution in [-0.4, -0.2) is 66.8 Å². The summed E-state index contributed by atoms with van der Waals surface area (Å²) in [5.41, 5.74) is 1.34. The monoisotopic (exact) mass is 307 g/mol. The van der Waals surface area contributed by atoms with Gasteiger partial charge in [-0.2, -0.15) is 11.8 Å². The summed E-state index contributed by atoms with van der Waals surface area (Å²) in [6, 6.07) is 6.99. The fraction of sp³-hybridized carbons (Fsp3) is 0.467. The normalized spacial score (nSPS) is 15.5. The number of hydrogen-bond donors (Lipinski definition) is 1. The van der Waals surface area contributed by atoms with Crippen molar-refractivity contribution in [2.75, 3.05) is 50.6 Å². The standard InChI is InChI=1S/C15H21N3O2S/c1-17(2)15(20)12-3-5-13(6-4-12)16-14(19)11-18-7-9-21-10-8-18/h3-6H,7-11H2,1-2H3,(H,16,19). The first-order chi connectivity index (χ1) is 10.1. The molecular formula is C15H21N3O2S. The summed E-state index contributed by atoms with van der Waals surface area (Å²) >= 11 is 1.93. The lowest BCUT2D eigenvalue weighted by molar-refractivity contribution is -0.117. The van der Waals surface area contributed by atoms with Crippen molar-refractivity contribution >= 4 is 29.3 Å². The predicted molar refractivity (Wildman–Crippen MR) is 86.9 cm³/mol. The van der Waals surface area contributed by atoms with Gasteiger partial charge >= 0.3 is 0 Å². The summed E-state index contributed by atoms with van der Waals surface area (Å²) < 4.78 is 0. The number of nitrogens with one attached hydrogen (secondary N) is 1. The van der Waals surface area contributed by atoms with Crippen LogP contribution in [0.4, 0.5) is 5.69 Å². The van der Waals surface area contributed by atoms with E-state index in [0.29, 0.717) is 12.1 Å². The van der Waals surface area contributed by atoms with Crippen LogP contribution in [0.25, 0.3) is 0 Å². The maximum absolute atomic E-state index is 12.0. The minimum absolute atomic E-state index is 0.00594. The van der Waals surface area contributed by atoms with Gasteiger partial charge < -0.3 is 10.2 Å². The lowest BCUT2D eigenvalue weighted by atomic mass is 10.2. The smallest absolute Gasteiger partial charge is 0.253 e. The molecule has 0 aromatic heterocycles. The van der Waals surface area contributed by atoms with Gasteiger partial charge in [-0.05, 0) is 24.3 Å². The number of carbonyl (C=O) groups excluding carboxylic acids is 2. The Morgan fingerprint density at radius 2 is 1.81 bits per heavy atom. The molecule has 2 rings (SSSR count). The van der Waals surface area contributed by atoms with E-state index in [1.807, 2.05) is 11.8 Å². The summed E-state index contributed by atoms with van der Waals surface area (Å²) in [5, 5.41) is 2.87. The van der Waals surface area contributed by atoms with Crippen LogP contribution in [0.5, 0.6) is 0 Å². The number of carbonyl (C=O) groups is 2. The van der Waals surface area contributed by atoms with Crippen LogP contribution in [0.2, 0.25) is 0 Å². The van der Waals surface area contributed by atoms with Gasteiger partial charge in [-0.15, -0.1) is 0 Å². The Morgan fingerprint density at radius 3 is 2.38 bits per heavy atom. The van der Waals surface area contributed by atoms with E-state index in [0.717, 1.165) is 30.3 Å². The third-order valence-corrected chi connectivity index (χ3v) is 4.24. The highest BCUT2D eigenvalue weighted by atomic mass is 32.2. The van der Waals surface area contributed by atoms with E-state index in [9.17, 15) is 9.59 Å². The molecule has 6 heteroatoms. The van der Waals surface area contributed by atoms with Gasteiger partial charge in [-0.25, -0.2) is 0 Å². The van der Waals surface area contributed by atoms with Crippen molar-refractivity contribution in [3.63, 3.8) is 0 Å². The van der Waals surface area contributed by atoms with Gasteiger partial charge in [0, 0.05) is 49.9 Å². The Labute approximate surface area is 129 Å². The molecule has 5 nitrogen and oxygen atoms in total. The molecule has 1 aliphatic rings. The third kappa shape index (κ3) is 4.75. The van der Waals surface area contributed by atoms with Gasteiger partial charge in [0.05, 0.1) is 6.54 Å². The molecule has 1 aliphatic heterocycles. The van der Waals surface area contributed by atoms with E-state index >= 15 is 0 Å². The Hall–Kier alpha value is -1.53. The zero-order chi connectivity index (χ0) is 15.2. The lowest BCUT2D eigenvalue weighted by Gasteiger charge is -2.25. The molecule has 21 heavy (non-hydrogen) atoms. The topological polar surface area (TPSA) is 52.7 Å². The van der Waals surface area contributed by atoms with Crippen molar-refractivity contribution in [3.05, 3.63) is 29.8 Å². The molecule has 0 atom stereocenters. The summed E-state index contributed by atoms with van der Waals surface area (Å²) in [6.07, 6.45) is 0. The highest BCUT2D eigenvalue weighted by Crippen LogP contribution is 2.12. The Kier molecular flexibility index (Phi) is 5.64. The van der Waals surface area contributed by atoms with E-state index in [4.69, 9.17) is 0 Å². The molecule has 0 aliphatic carbocycles. The molecule has 114 valence electrons. The van der Waals surface area contributed by atoms with Crippen LogP contribution < -0.4 is 5.32 Å². The second-order valence-corrected chi connectivity index (χ2v) is 6.44. The molecule has 1 fully saturated rings. The van der Waals surface area contributed by atoms with E-state index in [1.165, 1.54) is 4.90 Å². The largest absolute Gasteiger partial charge is 0.345 e. The molecule has 0 bridgehead atoms. The van der Waals surface area contributed by atoms with Crippen molar-refractivity contribution in [3.8, 4) is 0 Å². The first kappa shape index (κ1) is 15.9. The molecule has 0 spiro atoms. The number of anilines is 1. The van der Waals surface area contributed by atoms with Gasteiger partial charge in [0.1, 0.15) is 0 Å². The molecule has 1 heterocycles. The zero-order valence-corrected chi connectivity index (χ0v) is 13.3. The van der Waals surface area contributed by atoms with Crippen LogP contribution >= 0.6 is 11.8 Å². The number of hydrogen-bond acceptors (Lipinski definition) is 4. The molecule has 1 aromatic carbocycles.